The summed E-state index contributed by atoms with van der Waals surface area (Å²) in [6.45, 7) is -0.0534. The minimum atomic E-state index is -3.87. The summed E-state index contributed by atoms with van der Waals surface area (Å²) in [5.41, 5.74) is 1.69. The van der Waals surface area contributed by atoms with E-state index in [9.17, 15) is 8.42 Å². The molecule has 9 heteroatoms. The molecule has 0 saturated carbocycles. The molecule has 0 atom stereocenters. The van der Waals surface area contributed by atoms with Crippen molar-refractivity contribution in [3.05, 3.63) is 70.5 Å². The molecule has 0 fully saturated rings. The average Bonchev–Trinajstić information content (AvgIpc) is 2.69. The van der Waals surface area contributed by atoms with Crippen LogP contribution in [0.5, 0.6) is 5.75 Å². The summed E-state index contributed by atoms with van der Waals surface area (Å²) in [5.74, 6) is 0.542. The van der Waals surface area contributed by atoms with Crippen molar-refractivity contribution in [3.63, 3.8) is 0 Å². The van der Waals surface area contributed by atoms with Gasteiger partial charge in [-0.3, -0.25) is 4.98 Å². The van der Waals surface area contributed by atoms with E-state index in [1.54, 1.807) is 24.4 Å². The van der Waals surface area contributed by atoms with Crippen molar-refractivity contribution in [1.29, 1.82) is 0 Å². The van der Waals surface area contributed by atoms with Gasteiger partial charge in [-0.1, -0.05) is 35.3 Å². The van der Waals surface area contributed by atoms with Crippen molar-refractivity contribution in [2.75, 3.05) is 7.11 Å². The SMILES string of the molecule is COc1cc(CNS(=O)(=O)c2cccc(Cl)c2Cl)nc(-c2ccccn2)c1. The maximum Gasteiger partial charge on any atom is 0.242 e. The number of nitrogens with one attached hydrogen (secondary N) is 1. The summed E-state index contributed by atoms with van der Waals surface area (Å²) in [7, 11) is -2.35. The molecule has 0 bridgehead atoms. The van der Waals surface area contributed by atoms with Gasteiger partial charge in [0.1, 0.15) is 10.6 Å². The Morgan fingerprint density at radius 2 is 1.89 bits per heavy atom. The molecule has 3 rings (SSSR count). The highest BCUT2D eigenvalue weighted by Crippen LogP contribution is 2.29. The van der Waals surface area contributed by atoms with Gasteiger partial charge in [-0.2, -0.15) is 0 Å². The van der Waals surface area contributed by atoms with Gasteiger partial charge in [0, 0.05) is 18.3 Å². The van der Waals surface area contributed by atoms with Gasteiger partial charge >= 0.3 is 0 Å². The first kappa shape index (κ1) is 19.6. The highest BCUT2D eigenvalue weighted by atomic mass is 35.5. The second-order valence-corrected chi connectivity index (χ2v) is 8.00. The van der Waals surface area contributed by atoms with Gasteiger partial charge in [0.05, 0.1) is 40.8 Å². The molecule has 0 saturated heterocycles. The van der Waals surface area contributed by atoms with Gasteiger partial charge in [0.15, 0.2) is 0 Å². The third kappa shape index (κ3) is 4.56. The van der Waals surface area contributed by atoms with Crippen molar-refractivity contribution in [3.8, 4) is 17.1 Å². The molecule has 0 amide bonds. The number of benzene rings is 1. The monoisotopic (exact) mass is 423 g/mol. The molecule has 140 valence electrons. The third-order valence-electron chi connectivity index (χ3n) is 3.66. The number of sulfonamides is 1. The maximum atomic E-state index is 12.6. The lowest BCUT2D eigenvalue weighted by Gasteiger charge is -2.11. The number of methoxy groups -OCH3 is 1. The van der Waals surface area contributed by atoms with Crippen LogP contribution >= 0.6 is 23.2 Å². The molecule has 0 aliphatic heterocycles. The summed E-state index contributed by atoms with van der Waals surface area (Å²) in [5, 5.41) is 0.135. The van der Waals surface area contributed by atoms with E-state index in [1.165, 1.54) is 25.3 Å². The highest BCUT2D eigenvalue weighted by Gasteiger charge is 2.19. The molecule has 6 nitrogen and oxygen atoms in total. The first-order valence-electron chi connectivity index (χ1n) is 7.81. The fourth-order valence-corrected chi connectivity index (χ4v) is 4.11. The fraction of sp³-hybridized carbons (Fsp3) is 0.111. The Bertz CT molecular complexity index is 1060. The Labute approximate surface area is 167 Å². The van der Waals surface area contributed by atoms with E-state index < -0.39 is 10.0 Å². The standard InChI is InChI=1S/C18H15Cl2N3O3S/c1-26-13-9-12(23-16(10-13)15-6-2-3-8-21-15)11-22-27(24,25)17-7-4-5-14(19)18(17)20/h2-10,22H,11H2,1H3. The smallest absolute Gasteiger partial charge is 0.242 e. The molecule has 3 aromatic rings. The van der Waals surface area contributed by atoms with Crippen molar-refractivity contribution >= 4 is 33.2 Å². The summed E-state index contributed by atoms with van der Waals surface area (Å²) >= 11 is 11.9. The Morgan fingerprint density at radius 3 is 2.59 bits per heavy atom. The van der Waals surface area contributed by atoms with Gasteiger partial charge in [-0.25, -0.2) is 18.1 Å². The van der Waals surface area contributed by atoms with E-state index >= 15 is 0 Å². The summed E-state index contributed by atoms with van der Waals surface area (Å²) in [6.07, 6.45) is 1.65. The Hall–Kier alpha value is -2.19. The summed E-state index contributed by atoms with van der Waals surface area (Å²) in [4.78, 5) is 8.62. The second kappa shape index (κ2) is 8.22. The molecule has 1 N–H and O–H groups in total. The minimum absolute atomic E-state index is 0.0283. The third-order valence-corrected chi connectivity index (χ3v) is 6.04. The van der Waals surface area contributed by atoms with Crippen LogP contribution in [0.1, 0.15) is 5.69 Å². The van der Waals surface area contributed by atoms with Crippen LogP contribution in [0, 0.1) is 0 Å². The van der Waals surface area contributed by atoms with Crippen LogP contribution in [0.4, 0.5) is 0 Å². The maximum absolute atomic E-state index is 12.6. The van der Waals surface area contributed by atoms with E-state index in [0.29, 0.717) is 22.8 Å². The quantitative estimate of drug-likeness (QED) is 0.649. The number of ether oxygens (including phenoxy) is 1. The molecule has 0 unspecified atom stereocenters. The predicted molar refractivity (Wildman–Crippen MR) is 105 cm³/mol. The van der Waals surface area contributed by atoms with Gasteiger partial charge in [0.25, 0.3) is 0 Å². The normalized spacial score (nSPS) is 11.4. The fourth-order valence-electron chi connectivity index (χ4n) is 2.35. The van der Waals surface area contributed by atoms with Crippen molar-refractivity contribution < 1.29 is 13.2 Å². The molecular weight excluding hydrogens is 409 g/mol. The van der Waals surface area contributed by atoms with Gasteiger partial charge in [-0.15, -0.1) is 0 Å². The largest absolute Gasteiger partial charge is 0.497 e. The Balaban J connectivity index is 1.88. The van der Waals surface area contributed by atoms with Crippen LogP contribution in [-0.4, -0.2) is 25.5 Å². The summed E-state index contributed by atoms with van der Waals surface area (Å²) in [6, 6.07) is 13.2. The lowest BCUT2D eigenvalue weighted by molar-refractivity contribution is 0.413. The van der Waals surface area contributed by atoms with Crippen molar-refractivity contribution in [2.45, 2.75) is 11.4 Å². The number of hydrogen-bond donors (Lipinski definition) is 1. The molecule has 0 spiro atoms. The average molecular weight is 424 g/mol. The zero-order valence-electron chi connectivity index (χ0n) is 14.2. The van der Waals surface area contributed by atoms with Gasteiger partial charge < -0.3 is 4.74 Å². The van der Waals surface area contributed by atoms with Crippen LogP contribution in [0.3, 0.4) is 0 Å². The molecule has 0 aliphatic carbocycles. The molecular formula is C18H15Cl2N3O3S. The van der Waals surface area contributed by atoms with Gasteiger partial charge in [-0.05, 0) is 24.3 Å². The second-order valence-electron chi connectivity index (χ2n) is 5.48. The van der Waals surface area contributed by atoms with E-state index in [1.807, 2.05) is 12.1 Å². The van der Waals surface area contributed by atoms with Crippen LogP contribution in [0.25, 0.3) is 11.4 Å². The van der Waals surface area contributed by atoms with Crippen LogP contribution < -0.4 is 9.46 Å². The zero-order chi connectivity index (χ0) is 19.4. The highest BCUT2D eigenvalue weighted by molar-refractivity contribution is 7.89. The van der Waals surface area contributed by atoms with E-state index in [0.717, 1.165) is 0 Å². The first-order chi connectivity index (χ1) is 12.9. The lowest BCUT2D eigenvalue weighted by Crippen LogP contribution is -2.24. The Kier molecular flexibility index (Phi) is 5.96. The number of halogens is 2. The van der Waals surface area contributed by atoms with Crippen LogP contribution in [0.2, 0.25) is 10.0 Å². The Morgan fingerprint density at radius 1 is 1.07 bits per heavy atom. The number of rotatable bonds is 6. The molecule has 2 aromatic heterocycles. The number of hydrogen-bond acceptors (Lipinski definition) is 5. The predicted octanol–water partition coefficient (Wildman–Crippen LogP) is 3.94. The van der Waals surface area contributed by atoms with Gasteiger partial charge in [0.2, 0.25) is 10.0 Å². The minimum Gasteiger partial charge on any atom is -0.497 e. The first-order valence-corrected chi connectivity index (χ1v) is 10.0. The number of aromatic nitrogens is 2. The molecule has 2 heterocycles. The zero-order valence-corrected chi connectivity index (χ0v) is 16.5. The van der Waals surface area contributed by atoms with E-state index in [2.05, 4.69) is 14.7 Å². The molecule has 0 aliphatic rings. The topological polar surface area (TPSA) is 81.2 Å². The summed E-state index contributed by atoms with van der Waals surface area (Å²) < 4.78 is 32.9. The van der Waals surface area contributed by atoms with Crippen LogP contribution in [-0.2, 0) is 16.6 Å². The van der Waals surface area contributed by atoms with Crippen LogP contribution in [0.15, 0.2) is 59.6 Å². The van der Waals surface area contributed by atoms with E-state index in [4.69, 9.17) is 27.9 Å². The van der Waals surface area contributed by atoms with E-state index in [-0.39, 0.29) is 21.5 Å². The number of nitrogens with zero attached hydrogens (tertiary/aromatic N) is 2. The molecule has 1 aromatic carbocycles. The molecule has 0 radical (unpaired) electrons. The lowest BCUT2D eigenvalue weighted by atomic mass is 10.2. The van der Waals surface area contributed by atoms with Crippen molar-refractivity contribution in [1.82, 2.24) is 14.7 Å². The number of pyridine rings is 2. The van der Waals surface area contributed by atoms with Crippen molar-refractivity contribution in [2.24, 2.45) is 0 Å². The molecule has 27 heavy (non-hydrogen) atoms.